The number of anilines is 1. The molecular formula is C16H20N2O3. The standard InChI is InChI=1S/C16H20N2O3/c19-15(20)12-2-1-3-14(8-12)18-16(21)17-9-13-7-10-4-5-11(13)6-10/h1-3,8,10-11,13H,4-7,9H2,(H,19,20)(H2,17,18,21). The molecule has 0 heterocycles. The van der Waals surface area contributed by atoms with Crippen molar-refractivity contribution in [2.24, 2.45) is 17.8 Å². The Morgan fingerprint density at radius 2 is 2.10 bits per heavy atom. The number of benzene rings is 1. The summed E-state index contributed by atoms with van der Waals surface area (Å²) >= 11 is 0. The predicted octanol–water partition coefficient (Wildman–Crippen LogP) is 2.94. The van der Waals surface area contributed by atoms with E-state index in [1.54, 1.807) is 12.1 Å². The number of amides is 2. The third-order valence-corrected chi connectivity index (χ3v) is 4.78. The number of hydrogen-bond acceptors (Lipinski definition) is 2. The van der Waals surface area contributed by atoms with Crippen LogP contribution in [-0.4, -0.2) is 23.7 Å². The molecule has 3 atom stereocenters. The van der Waals surface area contributed by atoms with Gasteiger partial charge >= 0.3 is 12.0 Å². The average molecular weight is 288 g/mol. The fourth-order valence-electron chi connectivity index (χ4n) is 3.76. The average Bonchev–Trinajstić information content (AvgIpc) is 3.08. The Morgan fingerprint density at radius 3 is 2.76 bits per heavy atom. The predicted molar refractivity (Wildman–Crippen MR) is 79.4 cm³/mol. The fraction of sp³-hybridized carbons (Fsp3) is 0.500. The first-order valence-electron chi connectivity index (χ1n) is 7.50. The molecule has 112 valence electrons. The number of nitrogens with one attached hydrogen (secondary N) is 2. The molecule has 5 nitrogen and oxygen atoms in total. The zero-order valence-electron chi connectivity index (χ0n) is 11.8. The van der Waals surface area contributed by atoms with Gasteiger partial charge in [0, 0.05) is 12.2 Å². The third-order valence-electron chi connectivity index (χ3n) is 4.78. The van der Waals surface area contributed by atoms with E-state index in [-0.39, 0.29) is 11.6 Å². The number of fused-ring (bicyclic) bond motifs is 2. The first kappa shape index (κ1) is 13.9. The Kier molecular flexibility index (Phi) is 3.82. The first-order valence-corrected chi connectivity index (χ1v) is 7.50. The molecule has 2 amide bonds. The summed E-state index contributed by atoms with van der Waals surface area (Å²) in [6, 6.07) is 6.00. The molecule has 0 aromatic heterocycles. The molecule has 3 N–H and O–H groups in total. The summed E-state index contributed by atoms with van der Waals surface area (Å²) in [5.74, 6) is 1.27. The summed E-state index contributed by atoms with van der Waals surface area (Å²) in [6.07, 6.45) is 5.22. The minimum atomic E-state index is -0.999. The summed E-state index contributed by atoms with van der Waals surface area (Å²) < 4.78 is 0. The van der Waals surface area contributed by atoms with E-state index in [9.17, 15) is 9.59 Å². The van der Waals surface area contributed by atoms with E-state index in [0.29, 0.717) is 18.2 Å². The van der Waals surface area contributed by atoms with E-state index in [4.69, 9.17) is 5.11 Å². The molecule has 0 saturated heterocycles. The van der Waals surface area contributed by atoms with Gasteiger partial charge in [0.25, 0.3) is 0 Å². The Labute approximate surface area is 123 Å². The number of carboxylic acid groups (broad SMARTS) is 1. The molecule has 0 radical (unpaired) electrons. The summed E-state index contributed by atoms with van der Waals surface area (Å²) in [6.45, 7) is 0.714. The lowest BCUT2D eigenvalue weighted by atomic mass is 9.89. The Balaban J connectivity index is 1.50. The normalized spacial score (nSPS) is 26.6. The van der Waals surface area contributed by atoms with Gasteiger partial charge in [-0.15, -0.1) is 0 Å². The summed E-state index contributed by atoms with van der Waals surface area (Å²) in [4.78, 5) is 22.8. The van der Waals surface area contributed by atoms with Crippen LogP contribution in [-0.2, 0) is 0 Å². The maximum atomic E-state index is 11.9. The van der Waals surface area contributed by atoms with E-state index in [0.717, 1.165) is 11.8 Å². The van der Waals surface area contributed by atoms with Gasteiger partial charge < -0.3 is 15.7 Å². The van der Waals surface area contributed by atoms with Crippen molar-refractivity contribution < 1.29 is 14.7 Å². The SMILES string of the molecule is O=C(NCC1CC2CCC1C2)Nc1cccc(C(=O)O)c1. The van der Waals surface area contributed by atoms with Crippen LogP contribution < -0.4 is 10.6 Å². The molecule has 5 heteroatoms. The number of carbonyl (C=O) groups excluding carboxylic acids is 1. The fourth-order valence-corrected chi connectivity index (χ4v) is 3.76. The number of urea groups is 1. The van der Waals surface area contributed by atoms with Gasteiger partial charge in [-0.1, -0.05) is 12.5 Å². The Bertz CT molecular complexity index is 558. The van der Waals surface area contributed by atoms with Crippen LogP contribution in [0.25, 0.3) is 0 Å². The molecule has 3 unspecified atom stereocenters. The minimum absolute atomic E-state index is 0.168. The van der Waals surface area contributed by atoms with Gasteiger partial charge in [0.2, 0.25) is 0 Å². The zero-order valence-corrected chi connectivity index (χ0v) is 11.8. The van der Waals surface area contributed by atoms with Crippen LogP contribution in [0.5, 0.6) is 0 Å². The van der Waals surface area contributed by atoms with Gasteiger partial charge in [-0.25, -0.2) is 9.59 Å². The molecule has 3 rings (SSSR count). The maximum absolute atomic E-state index is 11.9. The molecule has 21 heavy (non-hydrogen) atoms. The molecule has 2 aliphatic rings. The van der Waals surface area contributed by atoms with E-state index >= 15 is 0 Å². The summed E-state index contributed by atoms with van der Waals surface area (Å²) in [5.41, 5.74) is 0.668. The van der Waals surface area contributed by atoms with Crippen molar-refractivity contribution in [3.8, 4) is 0 Å². The van der Waals surface area contributed by atoms with Crippen LogP contribution in [0.15, 0.2) is 24.3 Å². The number of rotatable bonds is 4. The van der Waals surface area contributed by atoms with Crippen molar-refractivity contribution in [1.82, 2.24) is 5.32 Å². The maximum Gasteiger partial charge on any atom is 0.335 e. The largest absolute Gasteiger partial charge is 0.478 e. The lowest BCUT2D eigenvalue weighted by Crippen LogP contribution is -2.34. The summed E-state index contributed by atoms with van der Waals surface area (Å²) in [5, 5.41) is 14.5. The van der Waals surface area contributed by atoms with Crippen LogP contribution in [0.1, 0.15) is 36.0 Å². The van der Waals surface area contributed by atoms with Gasteiger partial charge in [-0.3, -0.25) is 0 Å². The highest BCUT2D eigenvalue weighted by Gasteiger charge is 2.39. The quantitative estimate of drug-likeness (QED) is 0.797. The van der Waals surface area contributed by atoms with Crippen molar-refractivity contribution in [2.75, 3.05) is 11.9 Å². The number of aromatic carboxylic acids is 1. The lowest BCUT2D eigenvalue weighted by molar-refractivity contribution is 0.0697. The van der Waals surface area contributed by atoms with Gasteiger partial charge in [-0.05, 0) is 55.2 Å². The van der Waals surface area contributed by atoms with Crippen LogP contribution in [0.2, 0.25) is 0 Å². The molecular weight excluding hydrogens is 268 g/mol. The second kappa shape index (κ2) is 5.76. The van der Waals surface area contributed by atoms with Crippen LogP contribution in [0.3, 0.4) is 0 Å². The minimum Gasteiger partial charge on any atom is -0.478 e. The third kappa shape index (κ3) is 3.17. The topological polar surface area (TPSA) is 78.4 Å². The van der Waals surface area contributed by atoms with Crippen molar-refractivity contribution in [3.63, 3.8) is 0 Å². The molecule has 2 saturated carbocycles. The molecule has 2 bridgehead atoms. The van der Waals surface area contributed by atoms with Crippen molar-refractivity contribution in [3.05, 3.63) is 29.8 Å². The van der Waals surface area contributed by atoms with E-state index < -0.39 is 5.97 Å². The highest BCUT2D eigenvalue weighted by molar-refractivity contribution is 5.93. The second-order valence-corrected chi connectivity index (χ2v) is 6.16. The Morgan fingerprint density at radius 1 is 1.24 bits per heavy atom. The Hall–Kier alpha value is -2.04. The van der Waals surface area contributed by atoms with E-state index in [1.165, 1.54) is 37.8 Å². The molecule has 1 aromatic rings. The molecule has 0 spiro atoms. The van der Waals surface area contributed by atoms with Crippen LogP contribution in [0, 0.1) is 17.8 Å². The van der Waals surface area contributed by atoms with Crippen LogP contribution in [0.4, 0.5) is 10.5 Å². The van der Waals surface area contributed by atoms with Gasteiger partial charge in [0.05, 0.1) is 5.56 Å². The van der Waals surface area contributed by atoms with E-state index in [2.05, 4.69) is 10.6 Å². The zero-order chi connectivity index (χ0) is 14.8. The highest BCUT2D eigenvalue weighted by Crippen LogP contribution is 2.47. The number of hydrogen-bond donors (Lipinski definition) is 3. The van der Waals surface area contributed by atoms with E-state index in [1.807, 2.05) is 0 Å². The van der Waals surface area contributed by atoms with Crippen molar-refractivity contribution in [1.29, 1.82) is 0 Å². The lowest BCUT2D eigenvalue weighted by Gasteiger charge is -2.21. The van der Waals surface area contributed by atoms with Gasteiger partial charge in [0.15, 0.2) is 0 Å². The smallest absolute Gasteiger partial charge is 0.335 e. The molecule has 2 fully saturated rings. The first-order chi connectivity index (χ1) is 10.1. The van der Waals surface area contributed by atoms with Gasteiger partial charge in [0.1, 0.15) is 0 Å². The van der Waals surface area contributed by atoms with Crippen molar-refractivity contribution in [2.45, 2.75) is 25.7 Å². The highest BCUT2D eigenvalue weighted by atomic mass is 16.4. The molecule has 2 aliphatic carbocycles. The molecule has 1 aromatic carbocycles. The van der Waals surface area contributed by atoms with Crippen molar-refractivity contribution >= 4 is 17.7 Å². The number of carbonyl (C=O) groups is 2. The van der Waals surface area contributed by atoms with Gasteiger partial charge in [-0.2, -0.15) is 0 Å². The summed E-state index contributed by atoms with van der Waals surface area (Å²) in [7, 11) is 0. The molecule has 0 aliphatic heterocycles. The number of carboxylic acids is 1. The monoisotopic (exact) mass is 288 g/mol. The second-order valence-electron chi connectivity index (χ2n) is 6.16. The van der Waals surface area contributed by atoms with Crippen LogP contribution >= 0.6 is 0 Å².